The maximum absolute atomic E-state index is 13.2. The van der Waals surface area contributed by atoms with Crippen LogP contribution in [0, 0.1) is 11.7 Å². The van der Waals surface area contributed by atoms with E-state index in [0.29, 0.717) is 51.3 Å². The molecule has 4 rings (SSSR count). The number of imidazole rings is 1. The first-order chi connectivity index (χ1) is 15.1. The third-order valence-electron chi connectivity index (χ3n) is 5.93. The zero-order valence-corrected chi connectivity index (χ0v) is 17.6. The highest BCUT2D eigenvalue weighted by atomic mass is 19.1. The summed E-state index contributed by atoms with van der Waals surface area (Å²) in [5.74, 6) is -0.483. The van der Waals surface area contributed by atoms with Crippen molar-refractivity contribution in [3.63, 3.8) is 0 Å². The molecule has 0 aliphatic carbocycles. The first-order valence-corrected chi connectivity index (χ1v) is 10.5. The molecule has 0 radical (unpaired) electrons. The molecule has 2 aromatic rings. The van der Waals surface area contributed by atoms with Gasteiger partial charge in [-0.3, -0.25) is 9.59 Å². The van der Waals surface area contributed by atoms with Gasteiger partial charge in [-0.05, 0) is 30.5 Å². The zero-order valence-electron chi connectivity index (χ0n) is 17.6. The molecule has 8 nitrogen and oxygen atoms in total. The van der Waals surface area contributed by atoms with Crippen molar-refractivity contribution >= 4 is 11.8 Å². The molecule has 1 aromatic heterocycles. The molecule has 1 atom stereocenters. The number of piperidine rings is 1. The molecule has 31 heavy (non-hydrogen) atoms. The van der Waals surface area contributed by atoms with E-state index in [1.807, 2.05) is 4.57 Å². The Hall–Kier alpha value is -2.78. The Morgan fingerprint density at radius 1 is 1.26 bits per heavy atom. The number of nitrogens with one attached hydrogen (secondary N) is 1. The first-order valence-electron chi connectivity index (χ1n) is 10.5. The van der Waals surface area contributed by atoms with Crippen molar-refractivity contribution in [1.82, 2.24) is 19.8 Å². The molecule has 0 spiro atoms. The third kappa shape index (κ3) is 4.77. The molecule has 2 amide bonds. The summed E-state index contributed by atoms with van der Waals surface area (Å²) in [6.45, 7) is 2.80. The minimum Gasteiger partial charge on any atom is -0.383 e. The van der Waals surface area contributed by atoms with Crippen LogP contribution in [0.25, 0.3) is 0 Å². The van der Waals surface area contributed by atoms with Crippen molar-refractivity contribution in [1.29, 1.82) is 0 Å². The monoisotopic (exact) mass is 430 g/mol. The summed E-state index contributed by atoms with van der Waals surface area (Å²) in [5, 5.41) is 2.87. The number of carbonyl (C=O) groups is 2. The number of carbonyl (C=O) groups excluding carboxylic acids is 2. The second-order valence-electron chi connectivity index (χ2n) is 7.89. The summed E-state index contributed by atoms with van der Waals surface area (Å²) in [6, 6.07) is 6.25. The van der Waals surface area contributed by atoms with Crippen LogP contribution in [0.1, 0.15) is 40.7 Å². The Labute approximate surface area is 180 Å². The van der Waals surface area contributed by atoms with Gasteiger partial charge >= 0.3 is 0 Å². The Morgan fingerprint density at radius 2 is 2.00 bits per heavy atom. The molecule has 0 saturated carbocycles. The largest absolute Gasteiger partial charge is 0.383 e. The zero-order chi connectivity index (χ0) is 21.8. The minimum atomic E-state index is -0.285. The average Bonchev–Trinajstić information content (AvgIpc) is 3.22. The first kappa shape index (κ1) is 21.5. The van der Waals surface area contributed by atoms with Gasteiger partial charge in [0.05, 0.1) is 31.8 Å². The van der Waals surface area contributed by atoms with Crippen molar-refractivity contribution < 1.29 is 23.5 Å². The van der Waals surface area contributed by atoms with Gasteiger partial charge in [0.25, 0.3) is 5.91 Å². The number of aromatic nitrogens is 2. The van der Waals surface area contributed by atoms with Crippen molar-refractivity contribution in [2.45, 2.75) is 32.1 Å². The van der Waals surface area contributed by atoms with Crippen LogP contribution >= 0.6 is 0 Å². The van der Waals surface area contributed by atoms with Gasteiger partial charge in [-0.1, -0.05) is 12.1 Å². The molecule has 1 unspecified atom stereocenters. The van der Waals surface area contributed by atoms with Crippen LogP contribution in [0.15, 0.2) is 30.6 Å². The van der Waals surface area contributed by atoms with Crippen molar-refractivity contribution in [3.05, 3.63) is 53.4 Å². The standard InChI is InChI=1S/C22H27FN4O4/c1-30-11-8-24-21(28)16-6-9-26(10-7-16)22(29)20-18-13-31-19(12-27(18)14-25-20)15-2-4-17(23)5-3-15/h2-5,14,16,19H,6-13H2,1H3,(H,24,28). The minimum absolute atomic E-state index is 0.0174. The fraction of sp³-hybridized carbons (Fsp3) is 0.500. The number of methoxy groups -OCH3 is 1. The van der Waals surface area contributed by atoms with Crippen molar-refractivity contribution in [2.75, 3.05) is 33.4 Å². The van der Waals surface area contributed by atoms with Crippen LogP contribution in [-0.4, -0.2) is 59.6 Å². The Balaban J connectivity index is 1.35. The smallest absolute Gasteiger partial charge is 0.274 e. The Bertz CT molecular complexity index is 922. The molecule has 1 saturated heterocycles. The van der Waals surface area contributed by atoms with Gasteiger partial charge in [0.1, 0.15) is 11.9 Å². The van der Waals surface area contributed by atoms with E-state index in [2.05, 4.69) is 10.3 Å². The second-order valence-corrected chi connectivity index (χ2v) is 7.89. The molecule has 1 N–H and O–H groups in total. The Kier molecular flexibility index (Phi) is 6.62. The van der Waals surface area contributed by atoms with Crippen LogP contribution in [0.4, 0.5) is 4.39 Å². The number of nitrogens with zero attached hydrogens (tertiary/aromatic N) is 3. The highest BCUT2D eigenvalue weighted by Gasteiger charge is 2.32. The van der Waals surface area contributed by atoms with E-state index in [0.717, 1.165) is 11.3 Å². The van der Waals surface area contributed by atoms with Crippen LogP contribution in [-0.2, 0) is 27.4 Å². The predicted molar refractivity (Wildman–Crippen MR) is 110 cm³/mol. The van der Waals surface area contributed by atoms with Gasteiger partial charge in [0.15, 0.2) is 5.69 Å². The summed E-state index contributed by atoms with van der Waals surface area (Å²) in [7, 11) is 1.60. The summed E-state index contributed by atoms with van der Waals surface area (Å²) >= 11 is 0. The number of amides is 2. The summed E-state index contributed by atoms with van der Waals surface area (Å²) in [6.07, 6.45) is 2.71. The van der Waals surface area contributed by atoms with E-state index in [1.54, 1.807) is 30.5 Å². The van der Waals surface area contributed by atoms with Gasteiger partial charge < -0.3 is 24.3 Å². The summed E-state index contributed by atoms with van der Waals surface area (Å²) < 4.78 is 26.0. The normalized spacial score (nSPS) is 19.2. The number of ether oxygens (including phenoxy) is 2. The molecule has 9 heteroatoms. The topological polar surface area (TPSA) is 85.7 Å². The summed E-state index contributed by atoms with van der Waals surface area (Å²) in [4.78, 5) is 31.4. The highest BCUT2D eigenvalue weighted by molar-refractivity contribution is 5.93. The van der Waals surface area contributed by atoms with Crippen LogP contribution in [0.2, 0.25) is 0 Å². The Morgan fingerprint density at radius 3 is 2.71 bits per heavy atom. The highest BCUT2D eigenvalue weighted by Crippen LogP contribution is 2.29. The lowest BCUT2D eigenvalue weighted by atomic mass is 9.95. The molecule has 166 valence electrons. The van der Waals surface area contributed by atoms with Crippen LogP contribution < -0.4 is 5.32 Å². The summed E-state index contributed by atoms with van der Waals surface area (Å²) in [5.41, 5.74) is 2.04. The van der Waals surface area contributed by atoms with Crippen LogP contribution in [0.5, 0.6) is 0 Å². The lowest BCUT2D eigenvalue weighted by Crippen LogP contribution is -2.44. The maximum atomic E-state index is 13.2. The molecule has 2 aliphatic heterocycles. The van der Waals surface area contributed by atoms with Gasteiger partial charge in [-0.15, -0.1) is 0 Å². The third-order valence-corrected chi connectivity index (χ3v) is 5.93. The molecule has 0 bridgehead atoms. The van der Waals surface area contributed by atoms with Crippen LogP contribution in [0.3, 0.4) is 0 Å². The average molecular weight is 430 g/mol. The lowest BCUT2D eigenvalue weighted by molar-refractivity contribution is -0.126. The van der Waals surface area contributed by atoms with E-state index in [1.165, 1.54) is 12.1 Å². The molecular formula is C22H27FN4O4. The lowest BCUT2D eigenvalue weighted by Gasteiger charge is -2.31. The number of hydrogen-bond acceptors (Lipinski definition) is 5. The number of hydrogen-bond donors (Lipinski definition) is 1. The second kappa shape index (κ2) is 9.57. The predicted octanol–water partition coefficient (Wildman–Crippen LogP) is 1.91. The van der Waals surface area contributed by atoms with Crippen molar-refractivity contribution in [3.8, 4) is 0 Å². The van der Waals surface area contributed by atoms with E-state index >= 15 is 0 Å². The van der Waals surface area contributed by atoms with E-state index in [4.69, 9.17) is 9.47 Å². The molecular weight excluding hydrogens is 403 g/mol. The number of likely N-dealkylation sites (tertiary alicyclic amines) is 1. The molecule has 2 aliphatic rings. The fourth-order valence-electron chi connectivity index (χ4n) is 4.10. The molecule has 3 heterocycles. The van der Waals surface area contributed by atoms with Gasteiger partial charge in [0, 0.05) is 32.7 Å². The van der Waals surface area contributed by atoms with E-state index in [-0.39, 0.29) is 36.3 Å². The number of benzene rings is 1. The SMILES string of the molecule is COCCNC(=O)C1CCN(C(=O)c2ncn3c2COC(c2ccc(F)cc2)C3)CC1. The molecule has 1 aromatic carbocycles. The number of halogens is 1. The molecule has 1 fully saturated rings. The number of fused-ring (bicyclic) bond motifs is 1. The van der Waals surface area contributed by atoms with Gasteiger partial charge in [-0.2, -0.15) is 0 Å². The van der Waals surface area contributed by atoms with Gasteiger partial charge in [-0.25, -0.2) is 9.37 Å². The quantitative estimate of drug-likeness (QED) is 0.708. The van der Waals surface area contributed by atoms with E-state index < -0.39 is 0 Å². The fourth-order valence-corrected chi connectivity index (χ4v) is 4.10. The van der Waals surface area contributed by atoms with E-state index in [9.17, 15) is 14.0 Å². The maximum Gasteiger partial charge on any atom is 0.274 e. The van der Waals surface area contributed by atoms with Gasteiger partial charge in [0.2, 0.25) is 5.91 Å². The number of rotatable bonds is 6. The van der Waals surface area contributed by atoms with Crippen molar-refractivity contribution in [2.24, 2.45) is 5.92 Å².